The molecular weight excluding hydrogens is 452 g/mol. The van der Waals surface area contributed by atoms with Gasteiger partial charge in [0.25, 0.3) is 0 Å². The minimum Gasteiger partial charge on any atom is -0.306 e. The maximum Gasteiger partial charge on any atom is 0.348 e. The summed E-state index contributed by atoms with van der Waals surface area (Å²) in [5.74, 6) is 0.402. The van der Waals surface area contributed by atoms with Crippen LogP contribution in [0.2, 0.25) is 0 Å². The summed E-state index contributed by atoms with van der Waals surface area (Å²) in [4.78, 5) is 26.8. The number of para-hydroxylation sites is 2. The molecule has 0 bridgehead atoms. The van der Waals surface area contributed by atoms with Crippen LogP contribution >= 0.6 is 0 Å². The monoisotopic (exact) mass is 474 g/mol. The Hall–Kier alpha value is -5.24. The van der Waals surface area contributed by atoms with Gasteiger partial charge in [-0.1, -0.05) is 97.1 Å². The summed E-state index contributed by atoms with van der Waals surface area (Å²) in [6.07, 6.45) is 0. The molecule has 0 unspecified atom stereocenters. The van der Waals surface area contributed by atoms with Gasteiger partial charge in [0.1, 0.15) is 0 Å². The Morgan fingerprint density at radius 2 is 0.778 bits per heavy atom. The van der Waals surface area contributed by atoms with E-state index in [-0.39, 0.29) is 11.7 Å². The summed E-state index contributed by atoms with van der Waals surface area (Å²) in [6, 6.07) is 35.4. The van der Waals surface area contributed by atoms with Gasteiger partial charge in [-0.05, 0) is 24.3 Å². The molecule has 4 amide bonds. The van der Waals surface area contributed by atoms with Gasteiger partial charge < -0.3 is 10.6 Å². The van der Waals surface area contributed by atoms with Crippen molar-refractivity contribution in [2.24, 2.45) is 10.2 Å². The summed E-state index contributed by atoms with van der Waals surface area (Å²) in [6.45, 7) is 0. The van der Waals surface area contributed by atoms with Crippen molar-refractivity contribution in [3.05, 3.63) is 132 Å². The van der Waals surface area contributed by atoms with E-state index in [0.29, 0.717) is 22.5 Å². The first-order chi connectivity index (χ1) is 17.7. The number of carbonyl (C=O) groups is 2. The van der Waals surface area contributed by atoms with E-state index in [2.05, 4.69) is 20.8 Å². The van der Waals surface area contributed by atoms with Crippen LogP contribution in [-0.2, 0) is 0 Å². The van der Waals surface area contributed by atoms with E-state index in [0.717, 1.165) is 0 Å². The summed E-state index contributed by atoms with van der Waals surface area (Å²) in [5, 5.41) is 17.3. The highest BCUT2D eigenvalue weighted by molar-refractivity contribution is 6.17. The van der Waals surface area contributed by atoms with E-state index in [1.165, 1.54) is 10.0 Å². The van der Waals surface area contributed by atoms with Crippen LogP contribution in [0.4, 0.5) is 21.0 Å². The maximum absolute atomic E-state index is 13.4. The molecule has 4 aromatic rings. The van der Waals surface area contributed by atoms with Gasteiger partial charge in [0.05, 0.1) is 0 Å². The Morgan fingerprint density at radius 1 is 0.472 bits per heavy atom. The van der Waals surface area contributed by atoms with Gasteiger partial charge in [0, 0.05) is 22.5 Å². The summed E-state index contributed by atoms with van der Waals surface area (Å²) < 4.78 is 0. The predicted octanol–water partition coefficient (Wildman–Crippen LogP) is 5.79. The first kappa shape index (κ1) is 22.5. The van der Waals surface area contributed by atoms with Gasteiger partial charge in [-0.15, -0.1) is 10.2 Å². The zero-order chi connectivity index (χ0) is 24.7. The molecule has 5 rings (SSSR count). The third kappa shape index (κ3) is 4.97. The van der Waals surface area contributed by atoms with Crippen LogP contribution in [-0.4, -0.2) is 33.8 Å². The Kier molecular flexibility index (Phi) is 6.48. The lowest BCUT2D eigenvalue weighted by Gasteiger charge is -2.30. The van der Waals surface area contributed by atoms with Crippen molar-refractivity contribution in [2.75, 3.05) is 10.6 Å². The summed E-state index contributed by atoms with van der Waals surface area (Å²) in [7, 11) is 0. The van der Waals surface area contributed by atoms with Crippen LogP contribution in [0.1, 0.15) is 11.1 Å². The first-order valence-electron chi connectivity index (χ1n) is 11.3. The molecule has 176 valence electrons. The lowest BCUT2D eigenvalue weighted by atomic mass is 10.2. The number of amidine groups is 2. The highest BCUT2D eigenvalue weighted by Crippen LogP contribution is 2.21. The number of carbonyl (C=O) groups excluding carboxylic acids is 2. The number of hydrogen-bond donors (Lipinski definition) is 2. The number of hydrazone groups is 2. The Labute approximate surface area is 208 Å². The van der Waals surface area contributed by atoms with Crippen molar-refractivity contribution in [1.29, 1.82) is 0 Å². The third-order valence-corrected chi connectivity index (χ3v) is 5.29. The molecule has 1 heterocycles. The quantitative estimate of drug-likeness (QED) is 0.392. The van der Waals surface area contributed by atoms with Crippen LogP contribution in [0.5, 0.6) is 0 Å². The number of anilines is 2. The molecule has 0 saturated heterocycles. The number of benzene rings is 4. The van der Waals surface area contributed by atoms with Crippen LogP contribution in [0.3, 0.4) is 0 Å². The molecule has 4 aromatic carbocycles. The fraction of sp³-hybridized carbons (Fsp3) is 0. The molecule has 0 atom stereocenters. The van der Waals surface area contributed by atoms with E-state index in [9.17, 15) is 9.59 Å². The molecule has 0 spiro atoms. The standard InChI is InChI=1S/C28H22N6O2/c35-27(29-23-17-9-3-10-18-23)33-25(21-13-5-1-6-14-21)31-34(26(32-33)22-15-7-2-8-16-22)28(36)30-24-19-11-4-12-20-24/h1-20H,(H,29,35)(H,30,36). The topological polar surface area (TPSA) is 89.4 Å². The van der Waals surface area contributed by atoms with E-state index in [4.69, 9.17) is 0 Å². The Morgan fingerprint density at radius 3 is 1.11 bits per heavy atom. The van der Waals surface area contributed by atoms with E-state index < -0.39 is 12.1 Å². The lowest BCUT2D eigenvalue weighted by Crippen LogP contribution is -2.47. The molecule has 0 aromatic heterocycles. The SMILES string of the molecule is O=C(Nc1ccccc1)N1N=C(c2ccccc2)N(C(=O)Nc2ccccc2)N=C1c1ccccc1. The maximum atomic E-state index is 13.4. The highest BCUT2D eigenvalue weighted by Gasteiger charge is 2.33. The molecular formula is C28H22N6O2. The molecule has 0 radical (unpaired) electrons. The van der Waals surface area contributed by atoms with E-state index in [1.54, 1.807) is 48.5 Å². The van der Waals surface area contributed by atoms with E-state index in [1.807, 2.05) is 72.8 Å². The molecule has 2 N–H and O–H groups in total. The molecule has 1 aliphatic rings. The molecule has 36 heavy (non-hydrogen) atoms. The van der Waals surface area contributed by atoms with Crippen LogP contribution in [0.25, 0.3) is 0 Å². The van der Waals surface area contributed by atoms with Gasteiger partial charge in [-0.25, -0.2) is 9.59 Å². The van der Waals surface area contributed by atoms with Gasteiger partial charge in [-0.2, -0.15) is 10.0 Å². The van der Waals surface area contributed by atoms with Gasteiger partial charge in [-0.3, -0.25) is 0 Å². The average molecular weight is 475 g/mol. The zero-order valence-corrected chi connectivity index (χ0v) is 19.2. The predicted molar refractivity (Wildman–Crippen MR) is 141 cm³/mol. The van der Waals surface area contributed by atoms with Gasteiger partial charge in [0.15, 0.2) is 11.7 Å². The molecule has 0 aliphatic carbocycles. The fourth-order valence-electron chi connectivity index (χ4n) is 3.58. The molecule has 0 saturated carbocycles. The second-order valence-corrected chi connectivity index (χ2v) is 7.80. The number of amides is 4. The van der Waals surface area contributed by atoms with Crippen molar-refractivity contribution >= 4 is 35.1 Å². The lowest BCUT2D eigenvalue weighted by molar-refractivity contribution is 0.224. The Balaban J connectivity index is 1.58. The average Bonchev–Trinajstić information content (AvgIpc) is 2.94. The summed E-state index contributed by atoms with van der Waals surface area (Å²) >= 11 is 0. The second-order valence-electron chi connectivity index (χ2n) is 7.80. The molecule has 0 fully saturated rings. The number of hydrogen-bond acceptors (Lipinski definition) is 4. The van der Waals surface area contributed by atoms with Crippen molar-refractivity contribution in [3.8, 4) is 0 Å². The molecule has 8 nitrogen and oxygen atoms in total. The van der Waals surface area contributed by atoms with E-state index >= 15 is 0 Å². The largest absolute Gasteiger partial charge is 0.348 e. The van der Waals surface area contributed by atoms with Crippen LogP contribution in [0.15, 0.2) is 132 Å². The highest BCUT2D eigenvalue weighted by atomic mass is 16.2. The van der Waals surface area contributed by atoms with Gasteiger partial charge in [0.2, 0.25) is 0 Å². The molecule has 1 aliphatic heterocycles. The minimum atomic E-state index is -0.514. The molecule has 8 heteroatoms. The van der Waals surface area contributed by atoms with Crippen LogP contribution < -0.4 is 10.6 Å². The smallest absolute Gasteiger partial charge is 0.306 e. The van der Waals surface area contributed by atoms with Crippen LogP contribution in [0, 0.1) is 0 Å². The van der Waals surface area contributed by atoms with Crippen molar-refractivity contribution in [1.82, 2.24) is 10.0 Å². The fourth-order valence-corrected chi connectivity index (χ4v) is 3.58. The Bertz CT molecular complexity index is 1300. The summed E-state index contributed by atoms with van der Waals surface area (Å²) in [5.41, 5.74) is 2.45. The van der Waals surface area contributed by atoms with Crippen molar-refractivity contribution in [3.63, 3.8) is 0 Å². The normalized spacial score (nSPS) is 12.9. The third-order valence-electron chi connectivity index (χ3n) is 5.29. The number of urea groups is 2. The van der Waals surface area contributed by atoms with Crippen molar-refractivity contribution < 1.29 is 9.59 Å². The number of nitrogens with one attached hydrogen (secondary N) is 2. The van der Waals surface area contributed by atoms with Gasteiger partial charge >= 0.3 is 12.1 Å². The minimum absolute atomic E-state index is 0.201. The number of rotatable bonds is 4. The second kappa shape index (κ2) is 10.4. The first-order valence-corrected chi connectivity index (χ1v) is 11.3. The zero-order valence-electron chi connectivity index (χ0n) is 19.2. The number of nitrogens with zero attached hydrogens (tertiary/aromatic N) is 4. The van der Waals surface area contributed by atoms with Crippen molar-refractivity contribution in [2.45, 2.75) is 0 Å².